The molecule has 2 amide bonds. The van der Waals surface area contributed by atoms with Gasteiger partial charge in [-0.2, -0.15) is 0 Å². The maximum absolute atomic E-state index is 12.3. The van der Waals surface area contributed by atoms with Gasteiger partial charge in [0.1, 0.15) is 5.76 Å². The molecule has 6 heteroatoms. The predicted octanol–water partition coefficient (Wildman–Crippen LogP) is 2.46. The van der Waals surface area contributed by atoms with Crippen molar-refractivity contribution >= 4 is 17.6 Å². The largest absolute Gasteiger partial charge is 0.360 e. The Labute approximate surface area is 134 Å². The summed E-state index contributed by atoms with van der Waals surface area (Å²) in [6, 6.07) is 9.38. The van der Waals surface area contributed by atoms with Gasteiger partial charge in [-0.05, 0) is 24.5 Å². The van der Waals surface area contributed by atoms with E-state index in [9.17, 15) is 9.59 Å². The lowest BCUT2D eigenvalue weighted by atomic mass is 9.90. The Morgan fingerprint density at radius 2 is 2.17 bits per heavy atom. The van der Waals surface area contributed by atoms with Crippen molar-refractivity contribution in [2.45, 2.75) is 32.7 Å². The predicted molar refractivity (Wildman–Crippen MR) is 84.8 cm³/mol. The van der Waals surface area contributed by atoms with Gasteiger partial charge in [0.2, 0.25) is 11.8 Å². The molecule has 0 radical (unpaired) electrons. The van der Waals surface area contributed by atoms with Gasteiger partial charge < -0.3 is 14.7 Å². The molecule has 1 aliphatic rings. The first-order chi connectivity index (χ1) is 11.0. The number of rotatable bonds is 3. The molecule has 120 valence electrons. The molecule has 0 spiro atoms. The fourth-order valence-corrected chi connectivity index (χ4v) is 3.04. The van der Waals surface area contributed by atoms with Crippen LogP contribution in [0, 0.1) is 6.92 Å². The maximum Gasteiger partial charge on any atom is 0.228 e. The number of benzene rings is 1. The van der Waals surface area contributed by atoms with Crippen LogP contribution in [0.2, 0.25) is 0 Å². The molecule has 23 heavy (non-hydrogen) atoms. The number of carbonyl (C=O) groups excluding carboxylic acids is 2. The van der Waals surface area contributed by atoms with E-state index in [0.29, 0.717) is 18.1 Å². The third kappa shape index (κ3) is 3.26. The van der Waals surface area contributed by atoms with Crippen LogP contribution in [-0.4, -0.2) is 28.4 Å². The van der Waals surface area contributed by atoms with E-state index in [1.165, 1.54) is 5.56 Å². The highest BCUT2D eigenvalue weighted by atomic mass is 16.5. The Kier molecular flexibility index (Phi) is 4.14. The molecule has 1 aromatic carbocycles. The minimum absolute atomic E-state index is 0.0189. The number of carbonyl (C=O) groups is 2. The van der Waals surface area contributed by atoms with E-state index >= 15 is 0 Å². The summed E-state index contributed by atoms with van der Waals surface area (Å²) in [5.74, 6) is 0.820. The van der Waals surface area contributed by atoms with Crippen molar-refractivity contribution in [1.82, 2.24) is 10.1 Å². The highest BCUT2D eigenvalue weighted by Crippen LogP contribution is 2.32. The number of hydrogen-bond donors (Lipinski definition) is 1. The van der Waals surface area contributed by atoms with Crippen molar-refractivity contribution in [3.8, 4) is 0 Å². The van der Waals surface area contributed by atoms with Crippen molar-refractivity contribution in [1.29, 1.82) is 0 Å². The molecule has 1 N–H and O–H groups in total. The monoisotopic (exact) mass is 313 g/mol. The van der Waals surface area contributed by atoms with Crippen LogP contribution in [-0.2, 0) is 16.0 Å². The summed E-state index contributed by atoms with van der Waals surface area (Å²) in [7, 11) is 0. The fourth-order valence-electron chi connectivity index (χ4n) is 3.04. The number of nitrogens with one attached hydrogen (secondary N) is 1. The van der Waals surface area contributed by atoms with Crippen molar-refractivity contribution in [3.05, 3.63) is 47.2 Å². The van der Waals surface area contributed by atoms with E-state index in [1.807, 2.05) is 18.2 Å². The Morgan fingerprint density at radius 3 is 2.87 bits per heavy atom. The second-order valence-electron chi connectivity index (χ2n) is 5.75. The summed E-state index contributed by atoms with van der Waals surface area (Å²) in [6.45, 7) is 3.94. The summed E-state index contributed by atoms with van der Waals surface area (Å²) in [4.78, 5) is 26.0. The molecule has 0 saturated carbocycles. The van der Waals surface area contributed by atoms with Crippen LogP contribution in [0.15, 0.2) is 34.9 Å². The second-order valence-corrected chi connectivity index (χ2v) is 5.75. The molecule has 1 aliphatic heterocycles. The summed E-state index contributed by atoms with van der Waals surface area (Å²) in [6.07, 6.45) is 1.01. The number of amides is 2. The van der Waals surface area contributed by atoms with Crippen LogP contribution in [0.1, 0.15) is 36.3 Å². The zero-order valence-corrected chi connectivity index (χ0v) is 13.2. The molecule has 0 fully saturated rings. The van der Waals surface area contributed by atoms with Crippen molar-refractivity contribution in [2.75, 3.05) is 11.9 Å². The Hall–Kier alpha value is -2.63. The van der Waals surface area contributed by atoms with Gasteiger partial charge in [0.15, 0.2) is 5.82 Å². The summed E-state index contributed by atoms with van der Waals surface area (Å²) >= 11 is 0. The number of hydrogen-bond acceptors (Lipinski definition) is 4. The number of fused-ring (bicyclic) bond motifs is 1. The zero-order chi connectivity index (χ0) is 16.4. The van der Waals surface area contributed by atoms with Gasteiger partial charge in [0.05, 0.1) is 12.5 Å². The lowest BCUT2D eigenvalue weighted by Crippen LogP contribution is -2.40. The number of nitrogens with zero attached hydrogens (tertiary/aromatic N) is 2. The molecule has 1 atom stereocenters. The number of anilines is 1. The Balaban J connectivity index is 1.80. The molecule has 0 aliphatic carbocycles. The molecule has 0 saturated heterocycles. The van der Waals surface area contributed by atoms with Crippen LogP contribution >= 0.6 is 0 Å². The molecular weight excluding hydrogens is 294 g/mol. The summed E-state index contributed by atoms with van der Waals surface area (Å²) < 4.78 is 4.94. The molecule has 6 nitrogen and oxygen atoms in total. The van der Waals surface area contributed by atoms with Crippen molar-refractivity contribution in [3.63, 3.8) is 0 Å². The van der Waals surface area contributed by atoms with Gasteiger partial charge >= 0.3 is 0 Å². The average Bonchev–Trinajstić information content (AvgIpc) is 2.92. The highest BCUT2D eigenvalue weighted by molar-refractivity contribution is 5.90. The van der Waals surface area contributed by atoms with E-state index in [1.54, 1.807) is 24.8 Å². The minimum Gasteiger partial charge on any atom is -0.360 e. The Bertz CT molecular complexity index is 738. The van der Waals surface area contributed by atoms with Gasteiger partial charge in [-0.25, -0.2) is 0 Å². The molecule has 2 heterocycles. The first kappa shape index (κ1) is 15.3. The lowest BCUT2D eigenvalue weighted by molar-refractivity contribution is -0.132. The van der Waals surface area contributed by atoms with E-state index in [4.69, 9.17) is 4.52 Å². The van der Waals surface area contributed by atoms with Gasteiger partial charge in [-0.1, -0.05) is 29.4 Å². The third-order valence-electron chi connectivity index (χ3n) is 4.09. The lowest BCUT2D eigenvalue weighted by Gasteiger charge is -2.36. The second kappa shape index (κ2) is 6.24. The molecule has 2 aromatic rings. The van der Waals surface area contributed by atoms with Gasteiger partial charge in [-0.3, -0.25) is 9.59 Å². The SMILES string of the molecule is CC(=O)N1CCc2ccccc2[C@H]1CC(=O)Nc1cc(C)on1. The van der Waals surface area contributed by atoms with E-state index in [0.717, 1.165) is 12.0 Å². The first-order valence-corrected chi connectivity index (χ1v) is 7.63. The molecule has 3 rings (SSSR count). The standard InChI is InChI=1S/C17H19N3O3/c1-11-9-16(19-23-11)18-17(22)10-15-14-6-4-3-5-13(14)7-8-20(15)12(2)21/h3-6,9,15H,7-8,10H2,1-2H3,(H,18,19,22)/t15-/m1/s1. The van der Waals surface area contributed by atoms with Crippen LogP contribution in [0.4, 0.5) is 5.82 Å². The third-order valence-corrected chi connectivity index (χ3v) is 4.09. The van der Waals surface area contributed by atoms with Gasteiger partial charge in [0, 0.05) is 19.5 Å². The quantitative estimate of drug-likeness (QED) is 0.944. The van der Waals surface area contributed by atoms with Crippen molar-refractivity contribution < 1.29 is 14.1 Å². The minimum atomic E-state index is -0.245. The molecule has 0 unspecified atom stereocenters. The van der Waals surface area contributed by atoms with Gasteiger partial charge in [0.25, 0.3) is 0 Å². The van der Waals surface area contributed by atoms with Crippen LogP contribution in [0.3, 0.4) is 0 Å². The van der Waals surface area contributed by atoms with E-state index in [-0.39, 0.29) is 24.3 Å². The molecular formula is C17H19N3O3. The summed E-state index contributed by atoms with van der Waals surface area (Å²) in [5.41, 5.74) is 2.24. The normalized spacial score (nSPS) is 16.8. The fraction of sp³-hybridized carbons (Fsp3) is 0.353. The Morgan fingerprint density at radius 1 is 1.39 bits per heavy atom. The zero-order valence-electron chi connectivity index (χ0n) is 13.2. The van der Waals surface area contributed by atoms with E-state index in [2.05, 4.69) is 16.5 Å². The molecule has 1 aromatic heterocycles. The number of aryl methyl sites for hydroxylation is 1. The topological polar surface area (TPSA) is 75.4 Å². The maximum atomic E-state index is 12.3. The van der Waals surface area contributed by atoms with Gasteiger partial charge in [-0.15, -0.1) is 0 Å². The van der Waals surface area contributed by atoms with E-state index < -0.39 is 0 Å². The van der Waals surface area contributed by atoms with Crippen LogP contribution in [0.25, 0.3) is 0 Å². The average molecular weight is 313 g/mol. The van der Waals surface area contributed by atoms with Crippen LogP contribution < -0.4 is 5.32 Å². The van der Waals surface area contributed by atoms with Crippen LogP contribution in [0.5, 0.6) is 0 Å². The number of aromatic nitrogens is 1. The van der Waals surface area contributed by atoms with Crippen molar-refractivity contribution in [2.24, 2.45) is 0 Å². The summed E-state index contributed by atoms with van der Waals surface area (Å²) in [5, 5.41) is 6.48. The smallest absolute Gasteiger partial charge is 0.228 e. The molecule has 0 bridgehead atoms. The highest BCUT2D eigenvalue weighted by Gasteiger charge is 2.30. The first-order valence-electron chi connectivity index (χ1n) is 7.63.